The van der Waals surface area contributed by atoms with Crippen LogP contribution in [-0.4, -0.2) is 24.5 Å². The molecule has 0 fully saturated rings. The summed E-state index contributed by atoms with van der Waals surface area (Å²) in [4.78, 5) is 11.9. The minimum atomic E-state index is -0.268. The van der Waals surface area contributed by atoms with Gasteiger partial charge in [0.15, 0.2) is 0 Å². The molecule has 1 rings (SSSR count). The first-order chi connectivity index (χ1) is 9.35. The minimum Gasteiger partial charge on any atom is -0.381 e. The van der Waals surface area contributed by atoms with Crippen molar-refractivity contribution in [2.24, 2.45) is 5.73 Å². The molecule has 0 aliphatic carbocycles. The predicted octanol–water partition coefficient (Wildman–Crippen LogP) is 2.86. The number of benzene rings is 1. The highest BCUT2D eigenvalue weighted by Crippen LogP contribution is 2.11. The summed E-state index contributed by atoms with van der Waals surface area (Å²) in [6, 6.07) is 7.02. The number of nitrogens with one attached hydrogen (secondary N) is 2. The van der Waals surface area contributed by atoms with Gasteiger partial charge in [0.1, 0.15) is 0 Å². The van der Waals surface area contributed by atoms with Crippen LogP contribution in [0.15, 0.2) is 36.2 Å². The molecule has 0 radical (unpaired) electrons. The van der Waals surface area contributed by atoms with Crippen LogP contribution in [0, 0.1) is 0 Å². The van der Waals surface area contributed by atoms with E-state index in [0.29, 0.717) is 24.0 Å². The van der Waals surface area contributed by atoms with Crippen LogP contribution in [0.4, 0.5) is 10.1 Å². The van der Waals surface area contributed by atoms with Crippen molar-refractivity contribution >= 4 is 24.0 Å². The summed E-state index contributed by atoms with van der Waals surface area (Å²) in [5.41, 5.74) is 6.99. The number of rotatable bonds is 5. The molecule has 4 N–H and O–H groups in total. The second kappa shape index (κ2) is 8.64. The summed E-state index contributed by atoms with van der Waals surface area (Å²) in [7, 11) is 0. The summed E-state index contributed by atoms with van der Waals surface area (Å²) in [5.74, 6) is -0.115. The molecule has 0 saturated heterocycles. The number of nitrogens with two attached hydrogens (primary N) is 1. The van der Waals surface area contributed by atoms with Gasteiger partial charge in [0, 0.05) is 29.9 Å². The molecule has 0 bridgehead atoms. The normalized spacial score (nSPS) is 11.6. The van der Waals surface area contributed by atoms with Crippen LogP contribution in [0.3, 0.4) is 0 Å². The smallest absolute Gasteiger partial charge is 0.251 e. The second-order valence-corrected chi connectivity index (χ2v) is 5.61. The van der Waals surface area contributed by atoms with E-state index in [1.807, 2.05) is 20.8 Å². The maximum atomic E-state index is 12.4. The highest BCUT2D eigenvalue weighted by Gasteiger charge is 2.14. The molecule has 0 atom stereocenters. The summed E-state index contributed by atoms with van der Waals surface area (Å²) in [5, 5.41) is 5.93. The fourth-order valence-electron chi connectivity index (χ4n) is 1.52. The number of anilines is 1. The SMILES string of the molecule is CC(C)(C)NC(=O)c1ccc(NC/C(=C\F)CN)cc1.Cl. The van der Waals surface area contributed by atoms with Crippen LogP contribution in [0.2, 0.25) is 0 Å². The number of hydrogen-bond donors (Lipinski definition) is 3. The molecule has 118 valence electrons. The van der Waals surface area contributed by atoms with E-state index in [4.69, 9.17) is 5.73 Å². The van der Waals surface area contributed by atoms with Gasteiger partial charge in [-0.05, 0) is 50.6 Å². The van der Waals surface area contributed by atoms with Crippen LogP contribution in [0.25, 0.3) is 0 Å². The summed E-state index contributed by atoms with van der Waals surface area (Å²) < 4.78 is 12.4. The van der Waals surface area contributed by atoms with Crippen LogP contribution < -0.4 is 16.4 Å². The molecule has 0 aromatic heterocycles. The Kier molecular flexibility index (Phi) is 7.99. The Balaban J connectivity index is 0.00000400. The summed E-state index contributed by atoms with van der Waals surface area (Å²) in [6.07, 6.45) is 0.512. The molecular formula is C15H23ClFN3O. The Morgan fingerprint density at radius 3 is 2.29 bits per heavy atom. The van der Waals surface area contributed by atoms with E-state index in [1.54, 1.807) is 24.3 Å². The molecule has 1 aromatic rings. The highest BCUT2D eigenvalue weighted by atomic mass is 35.5. The van der Waals surface area contributed by atoms with Gasteiger partial charge in [-0.25, -0.2) is 4.39 Å². The van der Waals surface area contributed by atoms with Crippen molar-refractivity contribution in [3.63, 3.8) is 0 Å². The zero-order valence-corrected chi connectivity index (χ0v) is 13.4. The maximum Gasteiger partial charge on any atom is 0.251 e. The minimum absolute atomic E-state index is 0. The highest BCUT2D eigenvalue weighted by molar-refractivity contribution is 5.94. The average molecular weight is 316 g/mol. The first-order valence-electron chi connectivity index (χ1n) is 6.50. The lowest BCUT2D eigenvalue weighted by Crippen LogP contribution is -2.40. The van der Waals surface area contributed by atoms with E-state index in [-0.39, 0.29) is 30.4 Å². The Labute approximate surface area is 131 Å². The molecule has 0 aliphatic heterocycles. The van der Waals surface area contributed by atoms with Gasteiger partial charge in [0.25, 0.3) is 5.91 Å². The zero-order valence-electron chi connectivity index (χ0n) is 12.6. The molecule has 4 nitrogen and oxygen atoms in total. The standard InChI is InChI=1S/C15H22FN3O.ClH/c1-15(2,3)19-14(20)12-4-6-13(7-5-12)18-10-11(8-16)9-17;/h4-8,18H,9-10,17H2,1-3H3,(H,19,20);1H/b11-8-;. The van der Waals surface area contributed by atoms with Gasteiger partial charge in [-0.3, -0.25) is 4.79 Å². The molecule has 0 unspecified atom stereocenters. The molecule has 0 spiro atoms. The third kappa shape index (κ3) is 7.11. The average Bonchev–Trinajstić information content (AvgIpc) is 2.38. The number of halogens is 2. The molecule has 0 heterocycles. The third-order valence-electron chi connectivity index (χ3n) is 2.57. The van der Waals surface area contributed by atoms with Crippen molar-refractivity contribution in [2.75, 3.05) is 18.4 Å². The molecule has 21 heavy (non-hydrogen) atoms. The van der Waals surface area contributed by atoms with Gasteiger partial charge >= 0.3 is 0 Å². The van der Waals surface area contributed by atoms with E-state index in [1.165, 1.54) is 0 Å². The zero-order chi connectivity index (χ0) is 15.2. The number of carbonyl (C=O) groups excluding carboxylic acids is 1. The topological polar surface area (TPSA) is 67.2 Å². The maximum absolute atomic E-state index is 12.4. The van der Waals surface area contributed by atoms with Gasteiger partial charge < -0.3 is 16.4 Å². The molecule has 0 aliphatic rings. The quantitative estimate of drug-likeness (QED) is 0.782. The van der Waals surface area contributed by atoms with Crippen molar-refractivity contribution in [1.29, 1.82) is 0 Å². The summed E-state index contributed by atoms with van der Waals surface area (Å²) in [6.45, 7) is 6.31. The Morgan fingerprint density at radius 2 is 1.86 bits per heavy atom. The second-order valence-electron chi connectivity index (χ2n) is 5.61. The number of amides is 1. The first kappa shape index (κ1) is 19.4. The van der Waals surface area contributed by atoms with E-state index in [9.17, 15) is 9.18 Å². The van der Waals surface area contributed by atoms with E-state index < -0.39 is 0 Å². The van der Waals surface area contributed by atoms with Crippen molar-refractivity contribution in [2.45, 2.75) is 26.3 Å². The predicted molar refractivity (Wildman–Crippen MR) is 87.6 cm³/mol. The fraction of sp³-hybridized carbons (Fsp3) is 0.400. The molecular weight excluding hydrogens is 293 g/mol. The van der Waals surface area contributed by atoms with Gasteiger partial charge in [-0.1, -0.05) is 0 Å². The summed E-state index contributed by atoms with van der Waals surface area (Å²) >= 11 is 0. The largest absolute Gasteiger partial charge is 0.381 e. The Hall–Kier alpha value is -1.59. The number of hydrogen-bond acceptors (Lipinski definition) is 3. The fourth-order valence-corrected chi connectivity index (χ4v) is 1.52. The van der Waals surface area contributed by atoms with Crippen LogP contribution in [-0.2, 0) is 0 Å². The molecule has 0 saturated carbocycles. The van der Waals surface area contributed by atoms with E-state index >= 15 is 0 Å². The lowest BCUT2D eigenvalue weighted by Gasteiger charge is -2.20. The van der Waals surface area contributed by atoms with Gasteiger partial charge in [-0.15, -0.1) is 12.4 Å². The Bertz CT molecular complexity index is 481. The number of carbonyl (C=O) groups is 1. The third-order valence-corrected chi connectivity index (χ3v) is 2.57. The van der Waals surface area contributed by atoms with Gasteiger partial charge in [0.05, 0.1) is 6.33 Å². The van der Waals surface area contributed by atoms with E-state index in [0.717, 1.165) is 5.69 Å². The molecule has 1 amide bonds. The monoisotopic (exact) mass is 315 g/mol. The van der Waals surface area contributed by atoms with Crippen LogP contribution in [0.1, 0.15) is 31.1 Å². The van der Waals surface area contributed by atoms with E-state index in [2.05, 4.69) is 10.6 Å². The first-order valence-corrected chi connectivity index (χ1v) is 6.50. The van der Waals surface area contributed by atoms with Crippen molar-refractivity contribution in [3.05, 3.63) is 41.7 Å². The Morgan fingerprint density at radius 1 is 1.29 bits per heavy atom. The van der Waals surface area contributed by atoms with Crippen molar-refractivity contribution < 1.29 is 9.18 Å². The van der Waals surface area contributed by atoms with Gasteiger partial charge in [0.2, 0.25) is 0 Å². The van der Waals surface area contributed by atoms with Gasteiger partial charge in [-0.2, -0.15) is 0 Å². The van der Waals surface area contributed by atoms with Crippen molar-refractivity contribution in [3.8, 4) is 0 Å². The molecule has 6 heteroatoms. The van der Waals surface area contributed by atoms with Crippen LogP contribution >= 0.6 is 12.4 Å². The lowest BCUT2D eigenvalue weighted by atomic mass is 10.1. The lowest BCUT2D eigenvalue weighted by molar-refractivity contribution is 0.0919. The van der Waals surface area contributed by atoms with Crippen molar-refractivity contribution in [1.82, 2.24) is 5.32 Å². The van der Waals surface area contributed by atoms with Crippen LogP contribution in [0.5, 0.6) is 0 Å². The molecule has 1 aromatic carbocycles.